The number of hydrogen-bond donors (Lipinski definition) is 2. The molecule has 3 N–H and O–H groups in total. The zero-order chi connectivity index (χ0) is 13.2. The van der Waals surface area contributed by atoms with Crippen LogP contribution in [0.4, 0.5) is 17.3 Å². The summed E-state index contributed by atoms with van der Waals surface area (Å²) in [5, 5.41) is 3.36. The molecule has 1 aliphatic carbocycles. The summed E-state index contributed by atoms with van der Waals surface area (Å²) in [4.78, 5) is 8.33. The van der Waals surface area contributed by atoms with Crippen LogP contribution in [0.3, 0.4) is 0 Å². The van der Waals surface area contributed by atoms with Gasteiger partial charge in [-0.3, -0.25) is 0 Å². The third-order valence-electron chi connectivity index (χ3n) is 3.69. The predicted octanol–water partition coefficient (Wildman–Crippen LogP) is 2.85. The van der Waals surface area contributed by atoms with Gasteiger partial charge < -0.3 is 11.1 Å². The van der Waals surface area contributed by atoms with Gasteiger partial charge in [0.05, 0.1) is 0 Å². The summed E-state index contributed by atoms with van der Waals surface area (Å²) in [6.07, 6.45) is 5.97. The summed E-state index contributed by atoms with van der Waals surface area (Å²) in [7, 11) is 0. The van der Waals surface area contributed by atoms with Crippen LogP contribution in [0.2, 0.25) is 0 Å². The van der Waals surface area contributed by atoms with E-state index in [0.29, 0.717) is 5.82 Å². The number of rotatable bonds is 3. The summed E-state index contributed by atoms with van der Waals surface area (Å²) in [6.45, 7) is 2.06. The van der Waals surface area contributed by atoms with Gasteiger partial charge in [-0.05, 0) is 48.9 Å². The van der Waals surface area contributed by atoms with Crippen LogP contribution in [-0.2, 0) is 19.3 Å². The quantitative estimate of drug-likeness (QED) is 0.884. The van der Waals surface area contributed by atoms with Crippen molar-refractivity contribution in [3.8, 4) is 0 Å². The molecule has 3 rings (SSSR count). The number of benzene rings is 1. The van der Waals surface area contributed by atoms with E-state index in [1.807, 2.05) is 0 Å². The van der Waals surface area contributed by atoms with Crippen molar-refractivity contribution in [1.82, 2.24) is 9.97 Å². The number of hydrogen-bond acceptors (Lipinski definition) is 4. The van der Waals surface area contributed by atoms with Gasteiger partial charge in [0.15, 0.2) is 0 Å². The standard InChI is InChI=1S/C15H18N4/c1-2-13-14(16)17-9-18-15(13)19-12-7-6-10-4-3-5-11(10)8-12/h6-9H,2-5H2,1H3,(H3,16,17,18,19). The third-order valence-corrected chi connectivity index (χ3v) is 3.69. The minimum Gasteiger partial charge on any atom is -0.383 e. The molecule has 0 bridgehead atoms. The second-order valence-electron chi connectivity index (χ2n) is 4.90. The monoisotopic (exact) mass is 254 g/mol. The van der Waals surface area contributed by atoms with E-state index in [2.05, 4.69) is 40.4 Å². The Balaban J connectivity index is 1.91. The van der Waals surface area contributed by atoms with Crippen molar-refractivity contribution in [1.29, 1.82) is 0 Å². The van der Waals surface area contributed by atoms with Crippen LogP contribution in [0.25, 0.3) is 0 Å². The molecule has 1 aliphatic rings. The van der Waals surface area contributed by atoms with E-state index in [4.69, 9.17) is 5.73 Å². The molecule has 4 heteroatoms. The van der Waals surface area contributed by atoms with Gasteiger partial charge >= 0.3 is 0 Å². The largest absolute Gasteiger partial charge is 0.383 e. The molecule has 0 fully saturated rings. The molecule has 0 atom stereocenters. The first-order chi connectivity index (χ1) is 9.28. The van der Waals surface area contributed by atoms with Gasteiger partial charge in [0, 0.05) is 11.3 Å². The van der Waals surface area contributed by atoms with E-state index >= 15 is 0 Å². The highest BCUT2D eigenvalue weighted by molar-refractivity contribution is 5.64. The fourth-order valence-electron chi connectivity index (χ4n) is 2.67. The maximum atomic E-state index is 5.88. The van der Waals surface area contributed by atoms with E-state index < -0.39 is 0 Å². The maximum Gasteiger partial charge on any atom is 0.139 e. The fourth-order valence-corrected chi connectivity index (χ4v) is 2.67. The summed E-state index contributed by atoms with van der Waals surface area (Å²) in [5.41, 5.74) is 10.9. The normalized spacial score (nSPS) is 13.3. The molecule has 1 aromatic carbocycles. The molecule has 1 aromatic heterocycles. The third kappa shape index (κ3) is 2.26. The van der Waals surface area contributed by atoms with Crippen molar-refractivity contribution in [2.75, 3.05) is 11.1 Å². The first kappa shape index (κ1) is 12.0. The molecule has 0 aliphatic heterocycles. The molecule has 0 saturated heterocycles. The van der Waals surface area contributed by atoms with Crippen LogP contribution in [0, 0.1) is 0 Å². The summed E-state index contributed by atoms with van der Waals surface area (Å²) < 4.78 is 0. The number of anilines is 3. The van der Waals surface area contributed by atoms with E-state index in [1.165, 1.54) is 36.7 Å². The average Bonchev–Trinajstić information content (AvgIpc) is 2.86. The predicted molar refractivity (Wildman–Crippen MR) is 77.6 cm³/mol. The number of nitrogen functional groups attached to an aromatic ring is 1. The molecular formula is C15H18N4. The van der Waals surface area contributed by atoms with Crippen molar-refractivity contribution in [3.63, 3.8) is 0 Å². The Labute approximate surface area is 113 Å². The van der Waals surface area contributed by atoms with Crippen LogP contribution in [0.1, 0.15) is 30.0 Å². The molecule has 2 aromatic rings. The minimum absolute atomic E-state index is 0.557. The number of aryl methyl sites for hydroxylation is 2. The lowest BCUT2D eigenvalue weighted by atomic mass is 10.1. The van der Waals surface area contributed by atoms with Crippen molar-refractivity contribution in [2.24, 2.45) is 0 Å². The molecule has 1 heterocycles. The first-order valence-electron chi connectivity index (χ1n) is 6.76. The van der Waals surface area contributed by atoms with Gasteiger partial charge in [0.25, 0.3) is 0 Å². The second-order valence-corrected chi connectivity index (χ2v) is 4.90. The Morgan fingerprint density at radius 3 is 2.89 bits per heavy atom. The molecule has 0 saturated carbocycles. The Kier molecular flexibility index (Phi) is 3.07. The maximum absolute atomic E-state index is 5.88. The first-order valence-corrected chi connectivity index (χ1v) is 6.76. The van der Waals surface area contributed by atoms with Crippen LogP contribution in [-0.4, -0.2) is 9.97 Å². The van der Waals surface area contributed by atoms with Crippen LogP contribution in [0.15, 0.2) is 24.5 Å². The van der Waals surface area contributed by atoms with Crippen LogP contribution >= 0.6 is 0 Å². The van der Waals surface area contributed by atoms with Gasteiger partial charge in [-0.25, -0.2) is 9.97 Å². The van der Waals surface area contributed by atoms with E-state index in [0.717, 1.165) is 23.5 Å². The van der Waals surface area contributed by atoms with Crippen LogP contribution < -0.4 is 11.1 Å². The molecule has 0 amide bonds. The van der Waals surface area contributed by atoms with Crippen molar-refractivity contribution < 1.29 is 0 Å². The topological polar surface area (TPSA) is 63.8 Å². The van der Waals surface area contributed by atoms with Gasteiger partial charge in [-0.15, -0.1) is 0 Å². The van der Waals surface area contributed by atoms with Crippen molar-refractivity contribution >= 4 is 17.3 Å². The van der Waals surface area contributed by atoms with Gasteiger partial charge in [0.2, 0.25) is 0 Å². The zero-order valence-corrected chi connectivity index (χ0v) is 11.1. The molecule has 0 radical (unpaired) electrons. The Bertz CT molecular complexity index is 607. The number of nitrogens with zero attached hydrogens (tertiary/aromatic N) is 2. The van der Waals surface area contributed by atoms with Gasteiger partial charge in [0.1, 0.15) is 18.0 Å². The molecule has 4 nitrogen and oxygen atoms in total. The average molecular weight is 254 g/mol. The van der Waals surface area contributed by atoms with Gasteiger partial charge in [-0.1, -0.05) is 13.0 Å². The lowest BCUT2D eigenvalue weighted by Gasteiger charge is -2.12. The highest BCUT2D eigenvalue weighted by Gasteiger charge is 2.12. The lowest BCUT2D eigenvalue weighted by Crippen LogP contribution is -2.04. The van der Waals surface area contributed by atoms with E-state index in [9.17, 15) is 0 Å². The van der Waals surface area contributed by atoms with Crippen molar-refractivity contribution in [2.45, 2.75) is 32.6 Å². The summed E-state index contributed by atoms with van der Waals surface area (Å²) in [5.74, 6) is 1.37. The molecule has 19 heavy (non-hydrogen) atoms. The Hall–Kier alpha value is -2.10. The summed E-state index contributed by atoms with van der Waals surface area (Å²) >= 11 is 0. The molecule has 98 valence electrons. The highest BCUT2D eigenvalue weighted by Crippen LogP contribution is 2.27. The smallest absolute Gasteiger partial charge is 0.139 e. The Morgan fingerprint density at radius 1 is 1.21 bits per heavy atom. The lowest BCUT2D eigenvalue weighted by molar-refractivity contribution is 0.912. The van der Waals surface area contributed by atoms with E-state index in [1.54, 1.807) is 0 Å². The second kappa shape index (κ2) is 4.88. The van der Waals surface area contributed by atoms with Gasteiger partial charge in [-0.2, -0.15) is 0 Å². The highest BCUT2D eigenvalue weighted by atomic mass is 15.0. The number of nitrogens with two attached hydrogens (primary N) is 1. The number of aromatic nitrogens is 2. The molecule has 0 spiro atoms. The Morgan fingerprint density at radius 2 is 2.05 bits per heavy atom. The molecular weight excluding hydrogens is 236 g/mol. The summed E-state index contributed by atoms with van der Waals surface area (Å²) in [6, 6.07) is 6.54. The van der Waals surface area contributed by atoms with Crippen LogP contribution in [0.5, 0.6) is 0 Å². The number of fused-ring (bicyclic) bond motifs is 1. The van der Waals surface area contributed by atoms with E-state index in [-0.39, 0.29) is 0 Å². The zero-order valence-electron chi connectivity index (χ0n) is 11.1. The fraction of sp³-hybridized carbons (Fsp3) is 0.333. The molecule has 0 unspecified atom stereocenters. The number of nitrogens with one attached hydrogen (secondary N) is 1. The SMILES string of the molecule is CCc1c(N)ncnc1Nc1ccc2c(c1)CCC2. The van der Waals surface area contributed by atoms with Crippen molar-refractivity contribution in [3.05, 3.63) is 41.2 Å². The minimum atomic E-state index is 0.557.